The van der Waals surface area contributed by atoms with Crippen LogP contribution in [0.5, 0.6) is 5.75 Å². The number of nitrogens with one attached hydrogen (secondary N) is 1. The fourth-order valence-corrected chi connectivity index (χ4v) is 4.88. The third-order valence-electron chi connectivity index (χ3n) is 6.81. The van der Waals surface area contributed by atoms with Gasteiger partial charge in [-0.3, -0.25) is 0 Å². The summed E-state index contributed by atoms with van der Waals surface area (Å²) in [6, 6.07) is 11.9. The lowest BCUT2D eigenvalue weighted by atomic mass is 9.95. The van der Waals surface area contributed by atoms with Gasteiger partial charge in [0.2, 0.25) is 5.82 Å². The molecule has 4 heterocycles. The molecule has 1 unspecified atom stereocenters. The molecule has 0 spiro atoms. The molecule has 3 aromatic rings. The van der Waals surface area contributed by atoms with Crippen molar-refractivity contribution in [2.45, 2.75) is 32.2 Å². The molecule has 0 saturated carbocycles. The molecule has 0 bridgehead atoms. The molecule has 0 amide bonds. The molecule has 1 atom stereocenters. The van der Waals surface area contributed by atoms with Crippen molar-refractivity contribution < 1.29 is 9.47 Å². The van der Waals surface area contributed by atoms with Crippen LogP contribution in [0.15, 0.2) is 30.5 Å². The smallest absolute Gasteiger partial charge is 0.234 e. The fourth-order valence-electron chi connectivity index (χ4n) is 4.88. The van der Waals surface area contributed by atoms with E-state index < -0.39 is 0 Å². The number of aromatic nitrogens is 3. The molecule has 0 radical (unpaired) electrons. The Balaban J connectivity index is 1.40. The number of fused-ring (bicyclic) bond motifs is 1. The van der Waals surface area contributed by atoms with E-state index in [4.69, 9.17) is 9.47 Å². The van der Waals surface area contributed by atoms with Crippen LogP contribution < -0.4 is 10.1 Å². The number of rotatable bonds is 7. The first-order valence-electron chi connectivity index (χ1n) is 12.0. The van der Waals surface area contributed by atoms with E-state index in [2.05, 4.69) is 32.0 Å². The molecule has 2 saturated heterocycles. The van der Waals surface area contributed by atoms with Crippen molar-refractivity contribution in [3.8, 4) is 29.1 Å². The molecule has 34 heavy (non-hydrogen) atoms. The molecule has 2 fully saturated rings. The Morgan fingerprint density at radius 3 is 2.74 bits per heavy atom. The van der Waals surface area contributed by atoms with Gasteiger partial charge in [0, 0.05) is 36.2 Å². The van der Waals surface area contributed by atoms with E-state index in [-0.39, 0.29) is 5.82 Å². The third-order valence-corrected chi connectivity index (χ3v) is 6.81. The molecule has 2 aliphatic rings. The van der Waals surface area contributed by atoms with Crippen LogP contribution in [0.4, 0.5) is 0 Å². The second-order valence-electron chi connectivity index (χ2n) is 9.10. The summed E-state index contributed by atoms with van der Waals surface area (Å²) < 4.78 is 13.6. The largest absolute Gasteiger partial charge is 0.492 e. The van der Waals surface area contributed by atoms with Crippen molar-refractivity contribution in [2.75, 3.05) is 32.9 Å². The number of ether oxygens (including phenoxy) is 2. The summed E-state index contributed by atoms with van der Waals surface area (Å²) in [5.41, 5.74) is 2.62. The van der Waals surface area contributed by atoms with Gasteiger partial charge in [-0.05, 0) is 69.0 Å². The van der Waals surface area contributed by atoms with E-state index in [1.807, 2.05) is 24.4 Å². The van der Waals surface area contributed by atoms with Gasteiger partial charge in [0.05, 0.1) is 24.5 Å². The monoisotopic (exact) mass is 456 g/mol. The Morgan fingerprint density at radius 1 is 1.09 bits per heavy atom. The van der Waals surface area contributed by atoms with Crippen LogP contribution in [-0.2, 0) is 11.3 Å². The standard InChI is InChI=1S/C26H28N6O2/c27-14-21-13-20(1-2-23(21)34-12-7-18-3-8-29-9-4-18)25-22-5-10-32(16-19-6-11-33-17-19)26(22)31-24(15-28)30-25/h1-2,5,10,13,18-19,29H,3-4,6-9,11-12,16-17H2. The predicted octanol–water partition coefficient (Wildman–Crippen LogP) is 3.65. The first-order valence-corrected chi connectivity index (χ1v) is 12.0. The summed E-state index contributed by atoms with van der Waals surface area (Å²) in [5, 5.41) is 23.6. The molecule has 174 valence electrons. The molecule has 1 aromatic carbocycles. The summed E-state index contributed by atoms with van der Waals surface area (Å²) >= 11 is 0. The highest BCUT2D eigenvalue weighted by molar-refractivity contribution is 5.91. The maximum Gasteiger partial charge on any atom is 0.234 e. The zero-order valence-corrected chi connectivity index (χ0v) is 19.2. The van der Waals surface area contributed by atoms with Crippen LogP contribution in [-0.4, -0.2) is 47.4 Å². The fraction of sp³-hybridized carbons (Fsp3) is 0.462. The van der Waals surface area contributed by atoms with Gasteiger partial charge in [0.15, 0.2) is 0 Å². The van der Waals surface area contributed by atoms with Gasteiger partial charge in [0.25, 0.3) is 0 Å². The second kappa shape index (κ2) is 10.2. The van der Waals surface area contributed by atoms with E-state index in [1.165, 1.54) is 12.8 Å². The lowest BCUT2D eigenvalue weighted by Gasteiger charge is -2.22. The minimum atomic E-state index is 0.117. The van der Waals surface area contributed by atoms with Gasteiger partial charge in [0.1, 0.15) is 23.5 Å². The second-order valence-corrected chi connectivity index (χ2v) is 9.10. The topological polar surface area (TPSA) is 109 Å². The number of hydrogen-bond acceptors (Lipinski definition) is 7. The summed E-state index contributed by atoms with van der Waals surface area (Å²) in [7, 11) is 0. The van der Waals surface area contributed by atoms with Crippen LogP contribution >= 0.6 is 0 Å². The van der Waals surface area contributed by atoms with Crippen molar-refractivity contribution in [3.05, 3.63) is 41.9 Å². The Kier molecular flexibility index (Phi) is 6.71. The van der Waals surface area contributed by atoms with Gasteiger partial charge in [-0.1, -0.05) is 0 Å². The minimum absolute atomic E-state index is 0.117. The Labute approximate surface area is 199 Å². The van der Waals surface area contributed by atoms with E-state index in [0.29, 0.717) is 35.4 Å². The highest BCUT2D eigenvalue weighted by Gasteiger charge is 2.20. The molecule has 5 rings (SSSR count). The predicted molar refractivity (Wildman–Crippen MR) is 127 cm³/mol. The van der Waals surface area contributed by atoms with Crippen LogP contribution in [0, 0.1) is 34.5 Å². The van der Waals surface area contributed by atoms with E-state index >= 15 is 0 Å². The normalized spacial score (nSPS) is 18.6. The molecule has 1 N–H and O–H groups in total. The van der Waals surface area contributed by atoms with Crippen LogP contribution in [0.25, 0.3) is 22.3 Å². The molecule has 0 aliphatic carbocycles. The maximum atomic E-state index is 9.78. The average molecular weight is 457 g/mol. The molecule has 8 nitrogen and oxygen atoms in total. The van der Waals surface area contributed by atoms with Gasteiger partial charge in [-0.15, -0.1) is 0 Å². The van der Waals surface area contributed by atoms with E-state index in [0.717, 1.165) is 62.3 Å². The van der Waals surface area contributed by atoms with Gasteiger partial charge < -0.3 is 19.4 Å². The first-order chi connectivity index (χ1) is 16.7. The number of nitrogens with zero attached hydrogens (tertiary/aromatic N) is 5. The summed E-state index contributed by atoms with van der Waals surface area (Å²) in [6.07, 6.45) is 6.35. The van der Waals surface area contributed by atoms with Crippen molar-refractivity contribution >= 4 is 11.0 Å². The summed E-state index contributed by atoms with van der Waals surface area (Å²) in [5.74, 6) is 1.81. The van der Waals surface area contributed by atoms with Crippen LogP contribution in [0.1, 0.15) is 37.1 Å². The van der Waals surface area contributed by atoms with E-state index in [9.17, 15) is 10.5 Å². The van der Waals surface area contributed by atoms with Crippen molar-refractivity contribution in [2.24, 2.45) is 11.8 Å². The van der Waals surface area contributed by atoms with Gasteiger partial charge >= 0.3 is 0 Å². The lowest BCUT2D eigenvalue weighted by Crippen LogP contribution is -2.28. The SMILES string of the molecule is N#Cc1nc(-c2ccc(OCCC3CCNCC3)c(C#N)c2)c2ccn(CC3CCOC3)c2n1. The highest BCUT2D eigenvalue weighted by atomic mass is 16.5. The first kappa shape index (κ1) is 22.3. The Morgan fingerprint density at radius 2 is 1.97 bits per heavy atom. The lowest BCUT2D eigenvalue weighted by molar-refractivity contribution is 0.182. The highest BCUT2D eigenvalue weighted by Crippen LogP contribution is 2.31. The van der Waals surface area contributed by atoms with Gasteiger partial charge in [-0.25, -0.2) is 9.97 Å². The zero-order chi connectivity index (χ0) is 23.3. The Hall–Kier alpha value is -3.46. The molecular weight excluding hydrogens is 428 g/mol. The molecule has 2 aromatic heterocycles. The van der Waals surface area contributed by atoms with Crippen molar-refractivity contribution in [1.29, 1.82) is 10.5 Å². The minimum Gasteiger partial charge on any atom is -0.492 e. The summed E-state index contributed by atoms with van der Waals surface area (Å²) in [6.45, 7) is 5.05. The maximum absolute atomic E-state index is 9.78. The molecular formula is C26H28N6O2. The summed E-state index contributed by atoms with van der Waals surface area (Å²) in [4.78, 5) is 8.98. The van der Waals surface area contributed by atoms with E-state index in [1.54, 1.807) is 6.07 Å². The Bertz CT molecular complexity index is 1240. The molecule has 8 heteroatoms. The number of nitriles is 2. The number of hydrogen-bond donors (Lipinski definition) is 1. The van der Waals surface area contributed by atoms with Crippen molar-refractivity contribution in [3.63, 3.8) is 0 Å². The van der Waals surface area contributed by atoms with Crippen LogP contribution in [0.3, 0.4) is 0 Å². The number of piperidine rings is 1. The average Bonchev–Trinajstić information content (AvgIpc) is 3.55. The number of benzene rings is 1. The van der Waals surface area contributed by atoms with Gasteiger partial charge in [-0.2, -0.15) is 10.5 Å². The third kappa shape index (κ3) is 4.75. The quantitative estimate of drug-likeness (QED) is 0.578. The zero-order valence-electron chi connectivity index (χ0n) is 19.2. The molecule has 2 aliphatic heterocycles. The van der Waals surface area contributed by atoms with Crippen molar-refractivity contribution in [1.82, 2.24) is 19.9 Å². The van der Waals surface area contributed by atoms with Crippen LogP contribution in [0.2, 0.25) is 0 Å².